The van der Waals surface area contributed by atoms with E-state index in [0.717, 1.165) is 24.2 Å². The minimum Gasteiger partial charge on any atom is -0.363 e. The zero-order valence-electron chi connectivity index (χ0n) is 31.1. The van der Waals surface area contributed by atoms with Gasteiger partial charge in [-0.05, 0) is 55.8 Å². The summed E-state index contributed by atoms with van der Waals surface area (Å²) in [7, 11) is 0. The van der Waals surface area contributed by atoms with Crippen LogP contribution in [0.2, 0.25) is 0 Å². The van der Waals surface area contributed by atoms with E-state index in [0.29, 0.717) is 0 Å². The average Bonchev–Trinajstić information content (AvgIpc) is 3.14. The molecule has 10 heteroatoms. The van der Waals surface area contributed by atoms with Crippen LogP contribution in [0.4, 0.5) is 4.79 Å². The van der Waals surface area contributed by atoms with Gasteiger partial charge in [0.25, 0.3) is 5.91 Å². The third kappa shape index (κ3) is 6.26. The van der Waals surface area contributed by atoms with E-state index in [-0.39, 0.29) is 24.8 Å². The zero-order valence-corrected chi connectivity index (χ0v) is 22.1. The molecular weight excluding hydrogens is 474 g/mol. The first-order valence-electron chi connectivity index (χ1n) is 17.1. The highest BCUT2D eigenvalue weighted by atomic mass is 16.2. The fourth-order valence-corrected chi connectivity index (χ4v) is 5.56. The summed E-state index contributed by atoms with van der Waals surface area (Å²) in [4.78, 5) is 67.0. The van der Waals surface area contributed by atoms with Crippen molar-refractivity contribution < 1.29 is 36.3 Å². The summed E-state index contributed by atoms with van der Waals surface area (Å²) in [6, 6.07) is -6.59. The first kappa shape index (κ1) is 18.6. The van der Waals surface area contributed by atoms with Gasteiger partial charge in [-0.3, -0.25) is 19.2 Å². The van der Waals surface area contributed by atoms with E-state index in [4.69, 9.17) is 18.1 Å². The molecule has 2 saturated carbocycles. The number of primary amides is 1. The molecule has 0 aromatic heterocycles. The molecule has 0 unspecified atom stereocenters. The topological polar surface area (TPSA) is 151 Å². The Hall–Kier alpha value is -2.65. The van der Waals surface area contributed by atoms with Crippen LogP contribution in [0.25, 0.3) is 0 Å². The number of piperidine rings is 1. The van der Waals surface area contributed by atoms with E-state index in [1.807, 2.05) is 13.8 Å². The number of hydrogen-bond donors (Lipinski definition) is 4. The Labute approximate surface area is 232 Å². The molecule has 1 saturated heterocycles. The van der Waals surface area contributed by atoms with Crippen LogP contribution < -0.4 is 21.7 Å². The molecule has 1 heterocycles. The Morgan fingerprint density at radius 1 is 1.08 bits per heavy atom. The Morgan fingerprint density at radius 2 is 1.70 bits per heavy atom. The van der Waals surface area contributed by atoms with Crippen LogP contribution in [0.15, 0.2) is 0 Å². The molecule has 0 spiro atoms. The molecule has 0 radical (unpaired) electrons. The van der Waals surface area contributed by atoms with E-state index >= 15 is 0 Å². The first-order valence-corrected chi connectivity index (χ1v) is 12.6. The number of carbonyl (C=O) groups excluding carboxylic acids is 5. The number of nitrogens with two attached hydrogens (primary N) is 1. The van der Waals surface area contributed by atoms with Gasteiger partial charge in [-0.2, -0.15) is 0 Å². The summed E-state index contributed by atoms with van der Waals surface area (Å²) < 4.78 is 73.7. The van der Waals surface area contributed by atoms with Crippen molar-refractivity contribution >= 4 is 29.5 Å². The largest absolute Gasteiger partial charge is 0.363 e. The average molecular weight is 529 g/mol. The number of likely N-dealkylation sites (tertiary alicyclic amines) is 1. The summed E-state index contributed by atoms with van der Waals surface area (Å²) in [5.41, 5.74) is -0.0473. The maximum atomic E-state index is 14.5. The van der Waals surface area contributed by atoms with Gasteiger partial charge in [-0.1, -0.05) is 53.7 Å². The first-order chi connectivity index (χ1) is 20.6. The minimum atomic E-state index is -3.86. The Kier molecular flexibility index (Phi) is 4.97. The van der Waals surface area contributed by atoms with E-state index in [1.54, 1.807) is 20.8 Å². The summed E-state index contributed by atoms with van der Waals surface area (Å²) in [6.45, 7) is -3.46. The predicted octanol–water partition coefficient (Wildman–Crippen LogP) is 1.71. The summed E-state index contributed by atoms with van der Waals surface area (Å²) in [5.74, 6) is -5.40. The van der Waals surface area contributed by atoms with E-state index in [2.05, 4.69) is 16.0 Å². The molecule has 2 aliphatic carbocycles. The number of amides is 5. The van der Waals surface area contributed by atoms with Gasteiger partial charge in [0.05, 0.1) is 6.04 Å². The van der Waals surface area contributed by atoms with Crippen LogP contribution in [0.3, 0.4) is 0 Å². The lowest BCUT2D eigenvalue weighted by Gasteiger charge is -2.38. The molecule has 3 aliphatic rings. The smallest absolute Gasteiger partial charge is 0.315 e. The zero-order chi connectivity index (χ0) is 35.6. The molecular formula is C27H45N5O5. The lowest BCUT2D eigenvalue weighted by molar-refractivity contribution is -0.145. The number of Topliss-reactive ketones (excluding diaryl/α,β-unsaturated/α-hetero) is 1. The van der Waals surface area contributed by atoms with Gasteiger partial charge >= 0.3 is 6.03 Å². The second-order valence-electron chi connectivity index (χ2n) is 12.3. The Morgan fingerprint density at radius 3 is 2.19 bits per heavy atom. The highest BCUT2D eigenvalue weighted by Crippen LogP contribution is 2.65. The van der Waals surface area contributed by atoms with Crippen LogP contribution in [0.1, 0.15) is 93.2 Å². The fourth-order valence-electron chi connectivity index (χ4n) is 5.56. The van der Waals surface area contributed by atoms with Crippen LogP contribution >= 0.6 is 0 Å². The summed E-state index contributed by atoms with van der Waals surface area (Å²) >= 11 is 0. The molecule has 5 amide bonds. The van der Waals surface area contributed by atoms with Crippen LogP contribution in [0, 0.1) is 28.6 Å². The molecule has 0 aromatic carbocycles. The number of carbonyl (C=O) groups is 5. The number of hydrogen-bond acceptors (Lipinski definition) is 5. The summed E-state index contributed by atoms with van der Waals surface area (Å²) in [5, 5.41) is 7.04. The summed E-state index contributed by atoms with van der Waals surface area (Å²) in [6.07, 6.45) is 2.59. The van der Waals surface area contributed by atoms with Crippen LogP contribution in [-0.2, 0) is 19.2 Å². The van der Waals surface area contributed by atoms with Crippen molar-refractivity contribution in [1.82, 2.24) is 20.9 Å². The van der Waals surface area contributed by atoms with Crippen molar-refractivity contribution in [2.24, 2.45) is 34.3 Å². The third-order valence-electron chi connectivity index (χ3n) is 7.87. The molecule has 208 valence electrons. The van der Waals surface area contributed by atoms with Gasteiger partial charge in [0.1, 0.15) is 12.1 Å². The van der Waals surface area contributed by atoms with Gasteiger partial charge in [-0.25, -0.2) is 4.79 Å². The molecule has 5 N–H and O–H groups in total. The van der Waals surface area contributed by atoms with Crippen molar-refractivity contribution in [2.75, 3.05) is 6.54 Å². The van der Waals surface area contributed by atoms with E-state index < -0.39 is 90.5 Å². The highest BCUT2D eigenvalue weighted by Gasteiger charge is 2.70. The maximum Gasteiger partial charge on any atom is 0.315 e. The number of ketones is 1. The second-order valence-corrected chi connectivity index (χ2v) is 12.3. The van der Waals surface area contributed by atoms with Crippen molar-refractivity contribution in [3.63, 3.8) is 0 Å². The fraction of sp³-hybridized carbons (Fsp3) is 0.815. The molecule has 0 aromatic rings. The molecule has 3 rings (SSSR count). The van der Waals surface area contributed by atoms with Gasteiger partial charge < -0.3 is 26.6 Å². The van der Waals surface area contributed by atoms with Crippen LogP contribution in [0.5, 0.6) is 0 Å². The lowest BCUT2D eigenvalue weighted by atomic mass is 9.80. The van der Waals surface area contributed by atoms with Gasteiger partial charge in [0.2, 0.25) is 17.6 Å². The van der Waals surface area contributed by atoms with Crippen molar-refractivity contribution in [3.8, 4) is 0 Å². The maximum absolute atomic E-state index is 14.5. The second kappa shape index (κ2) is 9.91. The monoisotopic (exact) mass is 528 g/mol. The van der Waals surface area contributed by atoms with Crippen molar-refractivity contribution in [3.05, 3.63) is 0 Å². The van der Waals surface area contributed by atoms with Gasteiger partial charge in [-0.15, -0.1) is 0 Å². The Balaban J connectivity index is 2.13. The normalized spacial score (nSPS) is 30.9. The lowest BCUT2D eigenvalue weighted by Crippen LogP contribution is -2.62. The molecule has 10 nitrogen and oxygen atoms in total. The molecule has 0 bridgehead atoms. The highest BCUT2D eigenvalue weighted by molar-refractivity contribution is 6.37. The van der Waals surface area contributed by atoms with Gasteiger partial charge in [0.15, 0.2) is 0 Å². The van der Waals surface area contributed by atoms with E-state index in [1.165, 1.54) is 0 Å². The van der Waals surface area contributed by atoms with Crippen molar-refractivity contribution in [1.29, 1.82) is 0 Å². The quantitative estimate of drug-likeness (QED) is 0.354. The van der Waals surface area contributed by atoms with Gasteiger partial charge in [0, 0.05) is 24.4 Å². The number of fused-ring (bicyclic) bond motifs is 1. The number of rotatable bonds is 8. The molecule has 3 fully saturated rings. The third-order valence-corrected chi connectivity index (χ3v) is 7.87. The number of nitrogens with zero attached hydrogens (tertiary/aromatic N) is 1. The molecule has 37 heavy (non-hydrogen) atoms. The molecule has 5 atom stereocenters. The van der Waals surface area contributed by atoms with Crippen LogP contribution in [-0.4, -0.2) is 64.6 Å². The van der Waals surface area contributed by atoms with Crippen molar-refractivity contribution in [2.45, 2.75) is 105 Å². The Bertz CT molecular complexity index is 1220. The van der Waals surface area contributed by atoms with E-state index in [9.17, 15) is 24.0 Å². The number of urea groups is 1. The predicted molar refractivity (Wildman–Crippen MR) is 139 cm³/mol. The number of nitrogens with one attached hydrogen (secondary N) is 3. The standard InChI is InChI=1S/C27H45N5O5/c1-25(2,3)20(30-24(37)31-26(4,5)6)23(36)32-13-15-17(27(15,7)8)18(32)22(35)29-16(19(33)21(28)34)12-14-10-9-11-14/h14-18,20H,9-13H2,1-8H3,(H2,28,34)(H,29,35)(H2,30,31,37)/t15-,16-,17-,18-,20+/m0/s1/i1D3,2D3,3D3. The SMILES string of the molecule is [2H]C([2H])([2H])C([C@H](NC(=O)NC(C)(C)C)C(=O)N1C[C@H]2[C@@H]([C@H]1C(=O)N[C@@H](CC1CCC1)C(=O)C(N)=O)C2(C)C)(C([2H])([2H])[2H])C([2H])([2H])[2H]. The molecule has 1 aliphatic heterocycles. The minimum absolute atomic E-state index is 0.0495.